The molecule has 2 heterocycles. The fourth-order valence-electron chi connectivity index (χ4n) is 4.83. The Morgan fingerprint density at radius 1 is 1.08 bits per heavy atom. The number of nitrogens with zero attached hydrogens (tertiary/aromatic N) is 2. The molecule has 0 bridgehead atoms. The zero-order chi connectivity index (χ0) is 27.9. The number of nitrogens with one attached hydrogen (secondary N) is 2. The highest BCUT2D eigenvalue weighted by molar-refractivity contribution is 5.95. The lowest BCUT2D eigenvalue weighted by atomic mass is 9.93. The van der Waals surface area contributed by atoms with Crippen LogP contribution in [0.3, 0.4) is 0 Å². The first kappa shape index (κ1) is 28.1. The largest absolute Gasteiger partial charge is 0.496 e. The van der Waals surface area contributed by atoms with Crippen LogP contribution in [0.25, 0.3) is 0 Å². The zero-order valence-electron chi connectivity index (χ0n) is 22.3. The van der Waals surface area contributed by atoms with Gasteiger partial charge in [0.15, 0.2) is 0 Å². The SMILES string of the molecule is CCOC(=O)C1=C(CN2CCN(C(=O)c3ccccc3F)CC2)NC(=O)N[C@@H]1c1ccc(OC)c(COC)c1. The maximum absolute atomic E-state index is 14.1. The molecule has 2 aliphatic rings. The van der Waals surface area contributed by atoms with Crippen molar-refractivity contribution in [1.82, 2.24) is 20.4 Å². The van der Waals surface area contributed by atoms with E-state index in [1.54, 1.807) is 50.3 Å². The Labute approximate surface area is 226 Å². The van der Waals surface area contributed by atoms with Crippen LogP contribution >= 0.6 is 0 Å². The molecule has 208 valence electrons. The Bertz CT molecular complexity index is 1260. The van der Waals surface area contributed by atoms with E-state index in [-0.39, 0.29) is 31.2 Å². The Balaban J connectivity index is 1.57. The number of methoxy groups -OCH3 is 2. The third-order valence-electron chi connectivity index (χ3n) is 6.73. The van der Waals surface area contributed by atoms with Crippen LogP contribution in [-0.2, 0) is 20.9 Å². The Kier molecular flexibility index (Phi) is 9.15. The van der Waals surface area contributed by atoms with E-state index in [4.69, 9.17) is 14.2 Å². The van der Waals surface area contributed by atoms with Gasteiger partial charge in [-0.3, -0.25) is 9.69 Å². The molecular weight excluding hydrogens is 507 g/mol. The lowest BCUT2D eigenvalue weighted by molar-refractivity contribution is -0.139. The second-order valence-corrected chi connectivity index (χ2v) is 9.20. The molecule has 2 aliphatic heterocycles. The number of benzene rings is 2. The fraction of sp³-hybridized carbons (Fsp3) is 0.393. The van der Waals surface area contributed by atoms with E-state index in [1.807, 2.05) is 11.0 Å². The van der Waals surface area contributed by atoms with Crippen molar-refractivity contribution >= 4 is 17.9 Å². The van der Waals surface area contributed by atoms with Crippen molar-refractivity contribution < 1.29 is 33.0 Å². The van der Waals surface area contributed by atoms with Gasteiger partial charge in [-0.2, -0.15) is 0 Å². The summed E-state index contributed by atoms with van der Waals surface area (Å²) in [5, 5.41) is 5.63. The van der Waals surface area contributed by atoms with Gasteiger partial charge in [-0.15, -0.1) is 0 Å². The molecule has 0 unspecified atom stereocenters. The van der Waals surface area contributed by atoms with E-state index in [9.17, 15) is 18.8 Å². The van der Waals surface area contributed by atoms with E-state index >= 15 is 0 Å². The van der Waals surface area contributed by atoms with Gasteiger partial charge in [-0.1, -0.05) is 18.2 Å². The maximum atomic E-state index is 14.1. The summed E-state index contributed by atoms with van der Waals surface area (Å²) in [4.78, 5) is 42.3. The summed E-state index contributed by atoms with van der Waals surface area (Å²) in [7, 11) is 3.14. The smallest absolute Gasteiger partial charge is 0.338 e. The topological polar surface area (TPSA) is 109 Å². The lowest BCUT2D eigenvalue weighted by Crippen LogP contribution is -2.52. The van der Waals surface area contributed by atoms with Crippen LogP contribution in [0.2, 0.25) is 0 Å². The van der Waals surface area contributed by atoms with Crippen molar-refractivity contribution in [3.8, 4) is 5.75 Å². The number of hydrogen-bond acceptors (Lipinski definition) is 7. The molecule has 0 aromatic heterocycles. The van der Waals surface area contributed by atoms with Crippen molar-refractivity contribution in [3.05, 3.63) is 76.2 Å². The molecule has 4 rings (SSSR count). The number of ether oxygens (including phenoxy) is 3. The number of halogens is 1. The van der Waals surface area contributed by atoms with Gasteiger partial charge in [-0.25, -0.2) is 14.0 Å². The van der Waals surface area contributed by atoms with E-state index < -0.39 is 23.9 Å². The monoisotopic (exact) mass is 540 g/mol. The Morgan fingerprint density at radius 2 is 1.82 bits per heavy atom. The van der Waals surface area contributed by atoms with Crippen molar-refractivity contribution in [3.63, 3.8) is 0 Å². The summed E-state index contributed by atoms with van der Waals surface area (Å²) in [5.41, 5.74) is 2.22. The Hall–Kier alpha value is -3.96. The number of carbonyl (C=O) groups is 3. The van der Waals surface area contributed by atoms with Crippen molar-refractivity contribution in [1.29, 1.82) is 0 Å². The second kappa shape index (κ2) is 12.7. The van der Waals surface area contributed by atoms with Gasteiger partial charge < -0.3 is 29.7 Å². The van der Waals surface area contributed by atoms with Gasteiger partial charge in [0, 0.05) is 51.1 Å². The zero-order valence-corrected chi connectivity index (χ0v) is 22.3. The summed E-state index contributed by atoms with van der Waals surface area (Å²) < 4.78 is 30.2. The van der Waals surface area contributed by atoms with Crippen LogP contribution in [0.4, 0.5) is 9.18 Å². The molecule has 0 aliphatic carbocycles. The van der Waals surface area contributed by atoms with Crippen molar-refractivity contribution in [2.75, 3.05) is 53.6 Å². The second-order valence-electron chi connectivity index (χ2n) is 9.20. The molecule has 39 heavy (non-hydrogen) atoms. The number of carbonyl (C=O) groups excluding carboxylic acids is 3. The molecule has 2 N–H and O–H groups in total. The van der Waals surface area contributed by atoms with Gasteiger partial charge in [0.2, 0.25) is 0 Å². The van der Waals surface area contributed by atoms with Gasteiger partial charge in [0.1, 0.15) is 11.6 Å². The molecule has 10 nitrogen and oxygen atoms in total. The summed E-state index contributed by atoms with van der Waals surface area (Å²) in [6.07, 6.45) is 0. The van der Waals surface area contributed by atoms with Crippen molar-refractivity contribution in [2.24, 2.45) is 0 Å². The quantitative estimate of drug-likeness (QED) is 0.471. The molecule has 0 saturated carbocycles. The number of amides is 3. The fourth-order valence-corrected chi connectivity index (χ4v) is 4.83. The summed E-state index contributed by atoms with van der Waals surface area (Å²) in [5.74, 6) is -0.821. The van der Waals surface area contributed by atoms with Crippen LogP contribution in [0.5, 0.6) is 5.75 Å². The van der Waals surface area contributed by atoms with E-state index in [2.05, 4.69) is 10.6 Å². The number of piperazine rings is 1. The molecule has 1 fully saturated rings. The van der Waals surface area contributed by atoms with Gasteiger partial charge in [0.05, 0.1) is 37.5 Å². The minimum atomic E-state index is -0.752. The third kappa shape index (κ3) is 6.37. The molecule has 2 aromatic carbocycles. The minimum Gasteiger partial charge on any atom is -0.496 e. The first-order valence-corrected chi connectivity index (χ1v) is 12.8. The summed E-state index contributed by atoms with van der Waals surface area (Å²) >= 11 is 0. The number of hydrogen-bond donors (Lipinski definition) is 2. The lowest BCUT2D eigenvalue weighted by Gasteiger charge is -2.37. The van der Waals surface area contributed by atoms with Crippen LogP contribution < -0.4 is 15.4 Å². The molecule has 0 radical (unpaired) electrons. The third-order valence-corrected chi connectivity index (χ3v) is 6.73. The van der Waals surface area contributed by atoms with Crippen LogP contribution in [0.1, 0.15) is 34.5 Å². The van der Waals surface area contributed by atoms with Crippen LogP contribution in [-0.4, -0.2) is 81.3 Å². The van der Waals surface area contributed by atoms with Crippen LogP contribution in [0, 0.1) is 5.82 Å². The number of urea groups is 1. The van der Waals surface area contributed by atoms with Gasteiger partial charge in [0.25, 0.3) is 5.91 Å². The van der Waals surface area contributed by atoms with E-state index in [1.165, 1.54) is 12.1 Å². The normalized spacial score (nSPS) is 17.9. The highest BCUT2D eigenvalue weighted by atomic mass is 19.1. The molecular formula is C28H33FN4O6. The van der Waals surface area contributed by atoms with E-state index in [0.717, 1.165) is 5.56 Å². The van der Waals surface area contributed by atoms with Crippen LogP contribution in [0.15, 0.2) is 53.7 Å². The predicted octanol–water partition coefficient (Wildman–Crippen LogP) is 2.61. The molecule has 2 aromatic rings. The average molecular weight is 541 g/mol. The van der Waals surface area contributed by atoms with Gasteiger partial charge in [-0.05, 0) is 36.8 Å². The highest BCUT2D eigenvalue weighted by Crippen LogP contribution is 2.32. The number of rotatable bonds is 9. The molecule has 3 amide bonds. The minimum absolute atomic E-state index is 0.0408. The molecule has 1 atom stereocenters. The maximum Gasteiger partial charge on any atom is 0.338 e. The molecule has 1 saturated heterocycles. The molecule has 0 spiro atoms. The van der Waals surface area contributed by atoms with Crippen molar-refractivity contribution in [2.45, 2.75) is 19.6 Å². The summed E-state index contributed by atoms with van der Waals surface area (Å²) in [6, 6.07) is 10.1. The number of esters is 1. The first-order chi connectivity index (χ1) is 18.9. The first-order valence-electron chi connectivity index (χ1n) is 12.8. The predicted molar refractivity (Wildman–Crippen MR) is 141 cm³/mol. The van der Waals surface area contributed by atoms with Gasteiger partial charge >= 0.3 is 12.0 Å². The highest BCUT2D eigenvalue weighted by Gasteiger charge is 2.35. The average Bonchev–Trinajstić information content (AvgIpc) is 2.93. The molecule has 11 heteroatoms. The summed E-state index contributed by atoms with van der Waals surface area (Å²) in [6.45, 7) is 4.16. The Morgan fingerprint density at radius 3 is 2.49 bits per heavy atom. The van der Waals surface area contributed by atoms with E-state index in [0.29, 0.717) is 48.8 Å². The standard InChI is InChI=1S/C28H33FN4O6/c1-4-39-27(35)24-22(16-32-11-13-33(14-12-32)26(34)20-7-5-6-8-21(20)29)30-28(36)31-25(24)18-9-10-23(38-3)19(15-18)17-37-2/h5-10,15,25H,4,11-14,16-17H2,1-3H3,(H2,30,31,36)/t25-/m1/s1.